The standard InChI is InChI=1S/C19H25N3O4S/c1-26-18-13-8-14-11-22(17(18)15(14)9-13)16-3-2-12(10-20-16)19(23)21-4-6-27(24,25)7-5-21/h2-3,10,13-15,17-18H,4-9,11H2,1H3. The first-order chi connectivity index (χ1) is 13.0. The van der Waals surface area contributed by atoms with Crippen LogP contribution in [0.2, 0.25) is 0 Å². The Morgan fingerprint density at radius 1 is 1.19 bits per heavy atom. The quantitative estimate of drug-likeness (QED) is 0.759. The highest BCUT2D eigenvalue weighted by molar-refractivity contribution is 7.91. The second kappa shape index (κ2) is 6.17. The van der Waals surface area contributed by atoms with E-state index in [2.05, 4.69) is 9.88 Å². The van der Waals surface area contributed by atoms with Crippen LogP contribution < -0.4 is 4.90 Å². The van der Waals surface area contributed by atoms with Crippen LogP contribution in [0.15, 0.2) is 18.3 Å². The largest absolute Gasteiger partial charge is 0.379 e. The van der Waals surface area contributed by atoms with E-state index in [1.807, 2.05) is 19.2 Å². The molecule has 8 heteroatoms. The summed E-state index contributed by atoms with van der Waals surface area (Å²) in [5.41, 5.74) is 0.521. The zero-order valence-electron chi connectivity index (χ0n) is 15.5. The summed E-state index contributed by atoms with van der Waals surface area (Å²) in [7, 11) is -1.18. The molecule has 2 aliphatic carbocycles. The monoisotopic (exact) mass is 391 g/mol. The Bertz CT molecular complexity index is 840. The molecule has 1 aromatic heterocycles. The Morgan fingerprint density at radius 2 is 1.96 bits per heavy atom. The number of nitrogens with zero attached hydrogens (tertiary/aromatic N) is 3. The number of sulfone groups is 1. The van der Waals surface area contributed by atoms with Crippen molar-refractivity contribution in [1.82, 2.24) is 9.88 Å². The van der Waals surface area contributed by atoms with Gasteiger partial charge >= 0.3 is 0 Å². The highest BCUT2D eigenvalue weighted by Gasteiger charge is 2.59. The number of fused-ring (bicyclic) bond motifs is 1. The lowest BCUT2D eigenvalue weighted by Gasteiger charge is -2.32. The second-order valence-electron chi connectivity index (χ2n) is 8.35. The first-order valence-electron chi connectivity index (χ1n) is 9.72. The Labute approximate surface area is 159 Å². The molecule has 0 radical (unpaired) electrons. The maximum absolute atomic E-state index is 12.6. The molecule has 0 aromatic carbocycles. The van der Waals surface area contributed by atoms with Gasteiger partial charge in [-0.1, -0.05) is 0 Å². The summed E-state index contributed by atoms with van der Waals surface area (Å²) >= 11 is 0. The van der Waals surface area contributed by atoms with Gasteiger partial charge in [-0.3, -0.25) is 4.79 Å². The fourth-order valence-corrected chi connectivity index (χ4v) is 6.96. The third-order valence-electron chi connectivity index (χ3n) is 7.01. The van der Waals surface area contributed by atoms with Gasteiger partial charge in [0.1, 0.15) is 5.82 Å². The average Bonchev–Trinajstić information content (AvgIpc) is 3.28. The third kappa shape index (κ3) is 2.76. The maximum atomic E-state index is 12.6. The summed E-state index contributed by atoms with van der Waals surface area (Å²) < 4.78 is 28.9. The number of anilines is 1. The molecule has 4 fully saturated rings. The molecule has 2 bridgehead atoms. The summed E-state index contributed by atoms with van der Waals surface area (Å²) in [6.45, 7) is 1.55. The summed E-state index contributed by atoms with van der Waals surface area (Å²) in [6, 6.07) is 4.15. The van der Waals surface area contributed by atoms with Crippen LogP contribution in [0.25, 0.3) is 0 Å². The Kier molecular flexibility index (Phi) is 3.98. The summed E-state index contributed by atoms with van der Waals surface area (Å²) in [5, 5.41) is 0. The lowest BCUT2D eigenvalue weighted by atomic mass is 9.88. The van der Waals surface area contributed by atoms with E-state index in [4.69, 9.17) is 4.74 Å². The van der Waals surface area contributed by atoms with Crippen LogP contribution in [0.1, 0.15) is 23.2 Å². The van der Waals surface area contributed by atoms with Gasteiger partial charge in [0.05, 0.1) is 29.2 Å². The maximum Gasteiger partial charge on any atom is 0.255 e. The molecule has 2 saturated carbocycles. The van der Waals surface area contributed by atoms with Gasteiger partial charge in [-0.25, -0.2) is 13.4 Å². The zero-order chi connectivity index (χ0) is 18.8. The number of carbonyl (C=O) groups excluding carboxylic acids is 1. The van der Waals surface area contributed by atoms with Crippen molar-refractivity contribution in [3.63, 3.8) is 0 Å². The molecular formula is C19H25N3O4S. The molecule has 5 atom stereocenters. The van der Waals surface area contributed by atoms with Crippen LogP contribution in [0.5, 0.6) is 0 Å². The predicted molar refractivity (Wildman–Crippen MR) is 100 cm³/mol. The van der Waals surface area contributed by atoms with Gasteiger partial charge in [0.2, 0.25) is 0 Å². The van der Waals surface area contributed by atoms with Gasteiger partial charge < -0.3 is 14.5 Å². The van der Waals surface area contributed by atoms with Crippen molar-refractivity contribution < 1.29 is 17.9 Å². The minimum Gasteiger partial charge on any atom is -0.379 e. The van der Waals surface area contributed by atoms with E-state index in [1.165, 1.54) is 12.8 Å². The molecule has 0 spiro atoms. The number of methoxy groups -OCH3 is 1. The Morgan fingerprint density at radius 3 is 2.63 bits per heavy atom. The van der Waals surface area contributed by atoms with Gasteiger partial charge in [0, 0.05) is 32.9 Å². The average molecular weight is 391 g/mol. The molecule has 5 unspecified atom stereocenters. The number of ether oxygens (including phenoxy) is 1. The lowest BCUT2D eigenvalue weighted by molar-refractivity contribution is 0.0446. The van der Waals surface area contributed by atoms with E-state index in [0.29, 0.717) is 23.4 Å². The molecule has 3 heterocycles. The van der Waals surface area contributed by atoms with Gasteiger partial charge in [0.15, 0.2) is 9.84 Å². The van der Waals surface area contributed by atoms with E-state index >= 15 is 0 Å². The molecule has 1 aromatic rings. The van der Waals surface area contributed by atoms with Crippen molar-refractivity contribution in [1.29, 1.82) is 0 Å². The minimum absolute atomic E-state index is 0.0437. The number of hydrogen-bond donors (Lipinski definition) is 0. The number of aromatic nitrogens is 1. The van der Waals surface area contributed by atoms with E-state index in [1.54, 1.807) is 11.1 Å². The lowest BCUT2D eigenvalue weighted by Crippen LogP contribution is -2.44. The van der Waals surface area contributed by atoms with Crippen LogP contribution in [0.3, 0.4) is 0 Å². The summed E-state index contributed by atoms with van der Waals surface area (Å²) in [4.78, 5) is 21.2. The molecule has 27 heavy (non-hydrogen) atoms. The molecule has 2 saturated heterocycles. The van der Waals surface area contributed by atoms with Crippen molar-refractivity contribution in [2.24, 2.45) is 17.8 Å². The SMILES string of the molecule is COC1C2CC3CN(c4ccc(C(=O)N5CCS(=O)(=O)CC5)cn4)C1C3C2. The number of carbonyl (C=O) groups is 1. The van der Waals surface area contributed by atoms with Gasteiger partial charge in [-0.2, -0.15) is 0 Å². The first-order valence-corrected chi connectivity index (χ1v) is 11.5. The summed E-state index contributed by atoms with van der Waals surface area (Å²) in [6.07, 6.45) is 4.44. The highest BCUT2D eigenvalue weighted by Crippen LogP contribution is 2.56. The van der Waals surface area contributed by atoms with Crippen molar-refractivity contribution in [3.05, 3.63) is 23.9 Å². The molecule has 146 valence electrons. The van der Waals surface area contributed by atoms with Gasteiger partial charge in [-0.15, -0.1) is 0 Å². The van der Waals surface area contributed by atoms with E-state index < -0.39 is 9.84 Å². The van der Waals surface area contributed by atoms with Gasteiger partial charge in [0.25, 0.3) is 5.91 Å². The van der Waals surface area contributed by atoms with Crippen LogP contribution in [-0.2, 0) is 14.6 Å². The normalized spacial score (nSPS) is 36.4. The first kappa shape index (κ1) is 17.4. The molecule has 4 aliphatic rings. The van der Waals surface area contributed by atoms with E-state index in [-0.39, 0.29) is 36.6 Å². The number of rotatable bonds is 3. The second-order valence-corrected chi connectivity index (χ2v) is 10.7. The van der Waals surface area contributed by atoms with Crippen molar-refractivity contribution in [3.8, 4) is 0 Å². The van der Waals surface area contributed by atoms with Crippen LogP contribution >= 0.6 is 0 Å². The van der Waals surface area contributed by atoms with Crippen LogP contribution in [-0.4, -0.2) is 74.6 Å². The van der Waals surface area contributed by atoms with E-state index in [0.717, 1.165) is 18.3 Å². The third-order valence-corrected chi connectivity index (χ3v) is 8.62. The predicted octanol–water partition coefficient (Wildman–Crippen LogP) is 0.812. The number of amides is 1. The number of pyridine rings is 1. The molecule has 1 amide bonds. The molecule has 2 aliphatic heterocycles. The summed E-state index contributed by atoms with van der Waals surface area (Å²) in [5.74, 6) is 2.99. The molecule has 5 rings (SSSR count). The Balaban J connectivity index is 1.32. The van der Waals surface area contributed by atoms with Gasteiger partial charge in [-0.05, 0) is 42.7 Å². The fraction of sp³-hybridized carbons (Fsp3) is 0.684. The van der Waals surface area contributed by atoms with Crippen molar-refractivity contribution >= 4 is 21.6 Å². The molecule has 7 nitrogen and oxygen atoms in total. The topological polar surface area (TPSA) is 79.8 Å². The van der Waals surface area contributed by atoms with Crippen LogP contribution in [0, 0.1) is 17.8 Å². The smallest absolute Gasteiger partial charge is 0.255 e. The molecule has 0 N–H and O–H groups in total. The van der Waals surface area contributed by atoms with E-state index in [9.17, 15) is 13.2 Å². The highest BCUT2D eigenvalue weighted by atomic mass is 32.2. The zero-order valence-corrected chi connectivity index (χ0v) is 16.3. The van der Waals surface area contributed by atoms with Crippen molar-refractivity contribution in [2.75, 3.05) is 43.1 Å². The minimum atomic E-state index is -2.99. The fourth-order valence-electron chi connectivity index (χ4n) is 5.76. The van der Waals surface area contributed by atoms with Crippen molar-refractivity contribution in [2.45, 2.75) is 25.0 Å². The van der Waals surface area contributed by atoms with Crippen LogP contribution in [0.4, 0.5) is 5.82 Å². The molecular weight excluding hydrogens is 366 g/mol. The Hall–Kier alpha value is -1.67. The number of hydrogen-bond acceptors (Lipinski definition) is 6.